The van der Waals surface area contributed by atoms with Gasteiger partial charge in [-0.05, 0) is 51.9 Å². The van der Waals surface area contributed by atoms with Crippen LogP contribution in [-0.4, -0.2) is 141 Å². The molecule has 3 fully saturated rings. The number of nitrogens with two attached hydrogens (primary N) is 1. The lowest BCUT2D eigenvalue weighted by molar-refractivity contribution is -0.150. The molecule has 0 aromatic carbocycles. The Morgan fingerprint density at radius 2 is 1.50 bits per heavy atom. The summed E-state index contributed by atoms with van der Waals surface area (Å²) in [5.41, 5.74) is 6.20. The van der Waals surface area contributed by atoms with E-state index < -0.39 is 36.0 Å². The van der Waals surface area contributed by atoms with Gasteiger partial charge in [0.25, 0.3) is 0 Å². The zero-order valence-corrected chi connectivity index (χ0v) is 37.7. The largest absolute Gasteiger partial charge is 0.463 e. The molecule has 4 aliphatic heterocycles. The highest BCUT2D eigenvalue weighted by molar-refractivity contribution is 8.00. The number of nitrogen functional groups attached to an aromatic ring is 1. The molecular weight excluding hydrogens is 851 g/mol. The number of fused-ring (bicyclic) bond motifs is 2. The molecule has 64 heavy (non-hydrogen) atoms. The number of Topliss-reactive ketones (excluding diaryl/α,β-unsaturated/α-hetero) is 3. The van der Waals surface area contributed by atoms with Crippen LogP contribution >= 0.6 is 11.8 Å². The van der Waals surface area contributed by atoms with Crippen molar-refractivity contribution in [1.82, 2.24) is 30.2 Å². The van der Waals surface area contributed by atoms with E-state index in [1.807, 2.05) is 18.7 Å². The first-order chi connectivity index (χ1) is 31.0. The van der Waals surface area contributed by atoms with Crippen molar-refractivity contribution in [2.24, 2.45) is 16.1 Å². The van der Waals surface area contributed by atoms with Gasteiger partial charge >= 0.3 is 12.0 Å². The molecule has 3 saturated heterocycles. The number of rotatable bonds is 33. The van der Waals surface area contributed by atoms with E-state index in [0.717, 1.165) is 44.3 Å². The minimum atomic E-state index is -1.13. The fraction of sp³-hybridized carbons (Fsp3) is 0.767. The second-order valence-electron chi connectivity index (χ2n) is 17.2. The topological polar surface area (TPSA) is 270 Å². The maximum absolute atomic E-state index is 13.0. The maximum Gasteiger partial charge on any atom is 0.315 e. The standard InChI is InChI=1S/C43H65N9O11S/c1-43(50-51-43)16-15-30(55)23-31-38(57)33(63-41(31)52-27-47-37-39(44)45-26-46-40(37)52)24-62-35(56)14-8-12-29(54)11-5-7-18-60-20-22-61-21-19-59-17-6-4-10-28(53)9-2-3-13-34-36-32(25-64-34)48-42(58)49-36/h26-27,31-34,36,38,41,57H,2-25H2,1H3,(H2,44,45,46)(H2,48,49,58)/t31-,32-,33-,34-,36-,38-,41-/m1/s1. The number of esters is 1. The number of ether oxygens (including phenoxy) is 5. The number of anilines is 1. The lowest BCUT2D eigenvalue weighted by Gasteiger charge is -2.21. The maximum atomic E-state index is 13.0. The summed E-state index contributed by atoms with van der Waals surface area (Å²) in [6, 6.07) is 0.404. The molecule has 4 aliphatic rings. The number of imidazole rings is 1. The third kappa shape index (κ3) is 15.2. The molecule has 0 radical (unpaired) electrons. The molecule has 7 atom stereocenters. The van der Waals surface area contributed by atoms with Crippen molar-refractivity contribution in [3.8, 4) is 0 Å². The van der Waals surface area contributed by atoms with Crippen molar-refractivity contribution in [2.75, 3.05) is 57.7 Å². The first-order valence-corrected chi connectivity index (χ1v) is 23.9. The van der Waals surface area contributed by atoms with Crippen molar-refractivity contribution >= 4 is 58.1 Å². The molecule has 21 heteroatoms. The number of hydrogen-bond donors (Lipinski definition) is 4. The van der Waals surface area contributed by atoms with Crippen molar-refractivity contribution in [3.05, 3.63) is 12.7 Å². The van der Waals surface area contributed by atoms with E-state index in [-0.39, 0.29) is 67.8 Å². The average Bonchev–Trinajstić information content (AvgIpc) is 3.57. The average molecular weight is 916 g/mol. The second-order valence-corrected chi connectivity index (χ2v) is 18.5. The van der Waals surface area contributed by atoms with E-state index in [1.54, 1.807) is 4.57 Å². The Kier molecular flexibility index (Phi) is 19.2. The van der Waals surface area contributed by atoms with E-state index >= 15 is 0 Å². The van der Waals surface area contributed by atoms with Crippen LogP contribution in [0.25, 0.3) is 11.2 Å². The van der Waals surface area contributed by atoms with E-state index in [9.17, 15) is 29.1 Å². The van der Waals surface area contributed by atoms with Gasteiger partial charge in [-0.2, -0.15) is 22.0 Å². The van der Waals surface area contributed by atoms with Gasteiger partial charge in [-0.3, -0.25) is 23.7 Å². The monoisotopic (exact) mass is 915 g/mol. The molecule has 0 spiro atoms. The number of hydrogen-bond acceptors (Lipinski definition) is 18. The molecule has 2 amide bonds. The van der Waals surface area contributed by atoms with Crippen LogP contribution in [0.2, 0.25) is 0 Å². The fourth-order valence-electron chi connectivity index (χ4n) is 8.25. The summed E-state index contributed by atoms with van der Waals surface area (Å²) in [5, 5.41) is 25.7. The summed E-state index contributed by atoms with van der Waals surface area (Å²) < 4.78 is 30.1. The number of aliphatic hydroxyl groups excluding tert-OH is 1. The quantitative estimate of drug-likeness (QED) is 0.0444. The predicted molar refractivity (Wildman–Crippen MR) is 234 cm³/mol. The number of urea groups is 1. The minimum absolute atomic E-state index is 0.00578. The van der Waals surface area contributed by atoms with Gasteiger partial charge in [0, 0.05) is 81.5 Å². The Balaban J connectivity index is 0.724. The van der Waals surface area contributed by atoms with Gasteiger partial charge in [0.05, 0.1) is 50.9 Å². The lowest BCUT2D eigenvalue weighted by atomic mass is 9.91. The Bertz CT molecular complexity index is 1900. The lowest BCUT2D eigenvalue weighted by Crippen LogP contribution is -2.36. The normalized spacial score (nSPS) is 24.2. The number of ketones is 3. The number of amides is 2. The van der Waals surface area contributed by atoms with E-state index in [4.69, 9.17) is 29.4 Å². The minimum Gasteiger partial charge on any atom is -0.463 e. The summed E-state index contributed by atoms with van der Waals surface area (Å²) in [4.78, 5) is 74.4. The van der Waals surface area contributed by atoms with Crippen LogP contribution in [0.4, 0.5) is 10.6 Å². The Morgan fingerprint density at radius 1 is 0.844 bits per heavy atom. The van der Waals surface area contributed by atoms with Crippen LogP contribution in [0.1, 0.15) is 116 Å². The number of nitrogens with zero attached hydrogens (tertiary/aromatic N) is 6. The summed E-state index contributed by atoms with van der Waals surface area (Å²) >= 11 is 1.91. The third-order valence-corrected chi connectivity index (χ3v) is 13.6. The number of carbonyl (C=O) groups is 5. The number of carbonyl (C=O) groups excluding carboxylic acids is 5. The van der Waals surface area contributed by atoms with Crippen LogP contribution < -0.4 is 16.4 Å². The molecule has 0 bridgehead atoms. The zero-order chi connectivity index (χ0) is 45.3. The molecular formula is C43H65N9O11S. The summed E-state index contributed by atoms with van der Waals surface area (Å²) in [6.45, 7) is 4.59. The number of nitrogens with one attached hydrogen (secondary N) is 2. The molecule has 0 aliphatic carbocycles. The van der Waals surface area contributed by atoms with E-state index in [1.165, 1.54) is 12.7 Å². The third-order valence-electron chi connectivity index (χ3n) is 12.1. The molecule has 2 aromatic heterocycles. The zero-order valence-electron chi connectivity index (χ0n) is 36.9. The summed E-state index contributed by atoms with van der Waals surface area (Å²) in [6.07, 6.45) is 8.85. The van der Waals surface area contributed by atoms with Gasteiger partial charge in [0.1, 0.15) is 48.1 Å². The van der Waals surface area contributed by atoms with Crippen LogP contribution in [-0.2, 0) is 42.9 Å². The van der Waals surface area contributed by atoms with Gasteiger partial charge in [-0.1, -0.05) is 6.42 Å². The first kappa shape index (κ1) is 49.3. The predicted octanol–water partition coefficient (Wildman–Crippen LogP) is 4.17. The van der Waals surface area contributed by atoms with Crippen molar-refractivity contribution in [1.29, 1.82) is 0 Å². The molecule has 0 saturated carbocycles. The highest BCUT2D eigenvalue weighted by atomic mass is 32.2. The van der Waals surface area contributed by atoms with Gasteiger partial charge in [0.2, 0.25) is 0 Å². The molecule has 6 heterocycles. The molecule has 5 N–H and O–H groups in total. The molecule has 354 valence electrons. The molecule has 6 rings (SSSR count). The Hall–Kier alpha value is -4.15. The number of unbranched alkanes of at least 4 members (excludes halogenated alkanes) is 3. The van der Waals surface area contributed by atoms with E-state index in [2.05, 4.69) is 35.8 Å². The van der Waals surface area contributed by atoms with Gasteiger partial charge < -0.3 is 45.2 Å². The highest BCUT2D eigenvalue weighted by Gasteiger charge is 2.47. The van der Waals surface area contributed by atoms with Crippen LogP contribution in [0, 0.1) is 5.92 Å². The highest BCUT2D eigenvalue weighted by Crippen LogP contribution is 2.40. The van der Waals surface area contributed by atoms with Crippen LogP contribution in [0.5, 0.6) is 0 Å². The van der Waals surface area contributed by atoms with Crippen molar-refractivity contribution < 1.29 is 52.8 Å². The van der Waals surface area contributed by atoms with E-state index in [0.29, 0.717) is 100 Å². The summed E-state index contributed by atoms with van der Waals surface area (Å²) in [5.74, 6) is 0.227. The Morgan fingerprint density at radius 3 is 2.19 bits per heavy atom. The number of aromatic nitrogens is 4. The second kappa shape index (κ2) is 24.9. The smallest absolute Gasteiger partial charge is 0.315 e. The van der Waals surface area contributed by atoms with Crippen molar-refractivity contribution in [3.63, 3.8) is 0 Å². The summed E-state index contributed by atoms with van der Waals surface area (Å²) in [7, 11) is 0. The van der Waals surface area contributed by atoms with Gasteiger partial charge in [0.15, 0.2) is 17.1 Å². The fourth-order valence-corrected chi connectivity index (χ4v) is 9.79. The number of aliphatic hydroxyl groups is 1. The number of thioether (sulfide) groups is 1. The Labute approximate surface area is 377 Å². The van der Waals surface area contributed by atoms with Crippen LogP contribution in [0.3, 0.4) is 0 Å². The van der Waals surface area contributed by atoms with Gasteiger partial charge in [-0.25, -0.2) is 19.7 Å². The van der Waals surface area contributed by atoms with Crippen molar-refractivity contribution in [2.45, 2.75) is 151 Å². The molecule has 20 nitrogen and oxygen atoms in total. The molecule has 0 unspecified atom stereocenters. The first-order valence-electron chi connectivity index (χ1n) is 22.8. The SMILES string of the molecule is CC1(CCC(=O)C[C@@H]2[C@@H](O)[C@@H](COC(=O)CCCC(=O)CCCCOCCOCCOCCCCC(=O)CCCC[C@H]3SC[C@H]4NC(=O)N[C@H]43)O[C@H]2n2cnc3c(N)ncnc32)N=N1. The van der Waals surface area contributed by atoms with Crippen LogP contribution in [0.15, 0.2) is 22.9 Å². The molecule has 2 aromatic rings. The van der Waals surface area contributed by atoms with Gasteiger partial charge in [-0.15, -0.1) is 0 Å².